The Morgan fingerprint density at radius 3 is 2.44 bits per heavy atom. The van der Waals surface area contributed by atoms with E-state index < -0.39 is 17.3 Å². The van der Waals surface area contributed by atoms with Crippen LogP contribution in [0, 0.1) is 19.3 Å². The van der Waals surface area contributed by atoms with Gasteiger partial charge in [0, 0.05) is 5.69 Å². The van der Waals surface area contributed by atoms with Gasteiger partial charge in [-0.05, 0) is 38.8 Å². The quantitative estimate of drug-likeness (QED) is 0.800. The Labute approximate surface area is 105 Å². The van der Waals surface area contributed by atoms with Gasteiger partial charge in [0.1, 0.15) is 5.41 Å². The van der Waals surface area contributed by atoms with Gasteiger partial charge in [0.15, 0.2) is 0 Å². The summed E-state index contributed by atoms with van der Waals surface area (Å²) >= 11 is 0. The molecule has 5 heteroatoms. The van der Waals surface area contributed by atoms with Crippen LogP contribution < -0.4 is 5.32 Å². The summed E-state index contributed by atoms with van der Waals surface area (Å²) in [5.41, 5.74) is 0.903. The Kier molecular flexibility index (Phi) is 3.07. The number of pyridine rings is 1. The molecule has 0 spiro atoms. The second-order valence-corrected chi connectivity index (χ2v) is 4.78. The summed E-state index contributed by atoms with van der Waals surface area (Å²) in [6, 6.07) is 3.54. The lowest BCUT2D eigenvalue weighted by Gasteiger charge is -2.35. The molecule has 0 atom stereocenters. The largest absolute Gasteiger partial charge is 0.480 e. The van der Waals surface area contributed by atoms with Crippen molar-refractivity contribution in [2.75, 3.05) is 5.32 Å². The number of hydrogen-bond acceptors (Lipinski definition) is 3. The minimum atomic E-state index is -1.24. The summed E-state index contributed by atoms with van der Waals surface area (Å²) in [5.74, 6) is -1.47. The molecule has 96 valence electrons. The lowest BCUT2D eigenvalue weighted by atomic mass is 9.68. The van der Waals surface area contributed by atoms with E-state index >= 15 is 0 Å². The number of aliphatic carboxylic acids is 1. The molecule has 5 nitrogen and oxygen atoms in total. The van der Waals surface area contributed by atoms with Crippen molar-refractivity contribution in [1.29, 1.82) is 0 Å². The van der Waals surface area contributed by atoms with E-state index in [1.165, 1.54) is 0 Å². The SMILES string of the molecule is Cc1ccc(NC(=O)C2(C(=O)O)CCC2)c(C)n1. The van der Waals surface area contributed by atoms with Crippen LogP contribution in [-0.2, 0) is 9.59 Å². The highest BCUT2D eigenvalue weighted by Gasteiger charge is 2.51. The van der Waals surface area contributed by atoms with Gasteiger partial charge in [0.05, 0.1) is 11.4 Å². The molecule has 0 unspecified atom stereocenters. The lowest BCUT2D eigenvalue weighted by Crippen LogP contribution is -2.48. The first-order valence-electron chi connectivity index (χ1n) is 5.95. The van der Waals surface area contributed by atoms with Crippen molar-refractivity contribution < 1.29 is 14.7 Å². The zero-order valence-corrected chi connectivity index (χ0v) is 10.5. The fourth-order valence-corrected chi connectivity index (χ4v) is 2.13. The third kappa shape index (κ3) is 1.96. The van der Waals surface area contributed by atoms with E-state index in [9.17, 15) is 9.59 Å². The van der Waals surface area contributed by atoms with Gasteiger partial charge in [0.2, 0.25) is 5.91 Å². The Morgan fingerprint density at radius 1 is 1.33 bits per heavy atom. The van der Waals surface area contributed by atoms with E-state index in [0.717, 1.165) is 12.1 Å². The summed E-state index contributed by atoms with van der Waals surface area (Å²) in [5, 5.41) is 11.8. The van der Waals surface area contributed by atoms with E-state index in [1.807, 2.05) is 6.92 Å². The van der Waals surface area contributed by atoms with E-state index in [4.69, 9.17) is 5.11 Å². The molecular formula is C13H16N2O3. The summed E-state index contributed by atoms with van der Waals surface area (Å²) in [6.07, 6.45) is 1.60. The monoisotopic (exact) mass is 248 g/mol. The first-order valence-corrected chi connectivity index (χ1v) is 5.95. The standard InChI is InChI=1S/C13H16N2O3/c1-8-4-5-10(9(2)14-8)15-11(16)13(12(17)18)6-3-7-13/h4-5H,3,6-7H2,1-2H3,(H,15,16)(H,17,18). The summed E-state index contributed by atoms with van der Waals surface area (Å²) in [6.45, 7) is 3.65. The van der Waals surface area contributed by atoms with Crippen LogP contribution in [-0.4, -0.2) is 22.0 Å². The van der Waals surface area contributed by atoms with E-state index in [2.05, 4.69) is 10.3 Å². The topological polar surface area (TPSA) is 79.3 Å². The molecule has 0 aromatic carbocycles. The maximum absolute atomic E-state index is 12.1. The van der Waals surface area contributed by atoms with Crippen molar-refractivity contribution in [1.82, 2.24) is 4.98 Å². The molecular weight excluding hydrogens is 232 g/mol. The van der Waals surface area contributed by atoms with E-state index in [-0.39, 0.29) is 0 Å². The molecule has 1 fully saturated rings. The molecule has 1 heterocycles. The van der Waals surface area contributed by atoms with Gasteiger partial charge in [0.25, 0.3) is 0 Å². The predicted molar refractivity (Wildman–Crippen MR) is 66.3 cm³/mol. The number of anilines is 1. The highest BCUT2D eigenvalue weighted by Crippen LogP contribution is 2.42. The molecule has 1 saturated carbocycles. The highest BCUT2D eigenvalue weighted by atomic mass is 16.4. The smallest absolute Gasteiger partial charge is 0.319 e. The summed E-state index contributed by atoms with van der Waals surface area (Å²) < 4.78 is 0. The maximum Gasteiger partial charge on any atom is 0.319 e. The molecule has 1 aromatic heterocycles. The number of carboxylic acids is 1. The van der Waals surface area contributed by atoms with Gasteiger partial charge in [-0.3, -0.25) is 14.6 Å². The molecule has 1 aliphatic carbocycles. The molecule has 0 saturated heterocycles. The van der Waals surface area contributed by atoms with Gasteiger partial charge in [-0.15, -0.1) is 0 Å². The van der Waals surface area contributed by atoms with Crippen molar-refractivity contribution in [2.24, 2.45) is 5.41 Å². The average molecular weight is 248 g/mol. The molecule has 1 aromatic rings. The third-order valence-corrected chi connectivity index (χ3v) is 3.52. The van der Waals surface area contributed by atoms with Crippen molar-refractivity contribution >= 4 is 17.6 Å². The van der Waals surface area contributed by atoms with Gasteiger partial charge in [-0.1, -0.05) is 6.42 Å². The second kappa shape index (κ2) is 4.40. The molecule has 2 N–H and O–H groups in total. The van der Waals surface area contributed by atoms with E-state index in [0.29, 0.717) is 24.2 Å². The van der Waals surface area contributed by atoms with Crippen LogP contribution in [0.25, 0.3) is 0 Å². The number of carbonyl (C=O) groups is 2. The average Bonchev–Trinajstić information content (AvgIpc) is 2.19. The number of hydrogen-bond donors (Lipinski definition) is 2. The second-order valence-electron chi connectivity index (χ2n) is 4.78. The Hall–Kier alpha value is -1.91. The number of amides is 1. The van der Waals surface area contributed by atoms with Crippen molar-refractivity contribution in [2.45, 2.75) is 33.1 Å². The Bertz CT molecular complexity index is 507. The van der Waals surface area contributed by atoms with Crippen LogP contribution in [0.15, 0.2) is 12.1 Å². The first-order chi connectivity index (χ1) is 8.45. The number of aromatic nitrogens is 1. The fraction of sp³-hybridized carbons (Fsp3) is 0.462. The minimum Gasteiger partial charge on any atom is -0.480 e. The number of carbonyl (C=O) groups excluding carboxylic acids is 1. The van der Waals surface area contributed by atoms with E-state index in [1.54, 1.807) is 19.1 Å². The number of carboxylic acid groups (broad SMARTS) is 1. The normalized spacial score (nSPS) is 16.8. The molecule has 0 radical (unpaired) electrons. The lowest BCUT2D eigenvalue weighted by molar-refractivity contribution is -0.159. The summed E-state index contributed by atoms with van der Waals surface area (Å²) in [4.78, 5) is 27.5. The van der Waals surface area contributed by atoms with Crippen LogP contribution in [0.1, 0.15) is 30.7 Å². The number of nitrogens with zero attached hydrogens (tertiary/aromatic N) is 1. The number of rotatable bonds is 3. The molecule has 1 amide bonds. The number of nitrogens with one attached hydrogen (secondary N) is 1. The zero-order chi connectivity index (χ0) is 13.3. The van der Waals surface area contributed by atoms with Gasteiger partial charge < -0.3 is 10.4 Å². The third-order valence-electron chi connectivity index (χ3n) is 3.52. The molecule has 0 bridgehead atoms. The van der Waals surface area contributed by atoms with Crippen LogP contribution >= 0.6 is 0 Å². The van der Waals surface area contributed by atoms with Gasteiger partial charge in [-0.25, -0.2) is 0 Å². The molecule has 18 heavy (non-hydrogen) atoms. The molecule has 1 aliphatic rings. The molecule has 0 aliphatic heterocycles. The zero-order valence-electron chi connectivity index (χ0n) is 10.5. The van der Waals surface area contributed by atoms with Crippen molar-refractivity contribution in [3.05, 3.63) is 23.5 Å². The Morgan fingerprint density at radius 2 is 2.00 bits per heavy atom. The maximum atomic E-state index is 12.1. The van der Waals surface area contributed by atoms with Gasteiger partial charge >= 0.3 is 5.97 Å². The van der Waals surface area contributed by atoms with Crippen LogP contribution in [0.3, 0.4) is 0 Å². The van der Waals surface area contributed by atoms with Crippen LogP contribution in [0.4, 0.5) is 5.69 Å². The summed E-state index contributed by atoms with van der Waals surface area (Å²) in [7, 11) is 0. The Balaban J connectivity index is 2.19. The highest BCUT2D eigenvalue weighted by molar-refractivity contribution is 6.09. The van der Waals surface area contributed by atoms with Gasteiger partial charge in [-0.2, -0.15) is 0 Å². The first kappa shape index (κ1) is 12.5. The van der Waals surface area contributed by atoms with Crippen molar-refractivity contribution in [3.63, 3.8) is 0 Å². The minimum absolute atomic E-state index is 0.409. The fourth-order valence-electron chi connectivity index (χ4n) is 2.13. The molecule has 2 rings (SSSR count). The van der Waals surface area contributed by atoms with Crippen LogP contribution in [0.5, 0.6) is 0 Å². The number of aryl methyl sites for hydroxylation is 2. The van der Waals surface area contributed by atoms with Crippen molar-refractivity contribution in [3.8, 4) is 0 Å². The predicted octanol–water partition coefficient (Wildman–Crippen LogP) is 1.89. The van der Waals surface area contributed by atoms with Crippen LogP contribution in [0.2, 0.25) is 0 Å².